The summed E-state index contributed by atoms with van der Waals surface area (Å²) >= 11 is 0. The minimum absolute atomic E-state index is 0.0199. The Balaban J connectivity index is 2.25. The molecule has 0 saturated carbocycles. The number of benzene rings is 1. The van der Waals surface area contributed by atoms with E-state index < -0.39 is 0 Å². The number of carbonyl (C=O) groups is 1. The number of hydrogen-bond acceptors (Lipinski definition) is 2. The molecule has 1 heterocycles. The Bertz CT molecular complexity index is 473. The summed E-state index contributed by atoms with van der Waals surface area (Å²) in [7, 11) is 0. The summed E-state index contributed by atoms with van der Waals surface area (Å²) in [5.41, 5.74) is 2.65. The summed E-state index contributed by atoms with van der Waals surface area (Å²) in [6.45, 7) is 11.5. The molecule has 1 fully saturated rings. The Morgan fingerprint density at radius 2 is 1.75 bits per heavy atom. The molecule has 1 aromatic carbocycles. The molecule has 3 nitrogen and oxygen atoms in total. The van der Waals surface area contributed by atoms with Crippen molar-refractivity contribution < 1.29 is 4.79 Å². The zero-order chi connectivity index (χ0) is 14.9. The van der Waals surface area contributed by atoms with Gasteiger partial charge in [-0.25, -0.2) is 0 Å². The predicted molar refractivity (Wildman–Crippen MR) is 82.5 cm³/mol. The molecule has 1 aromatic rings. The fourth-order valence-electron chi connectivity index (χ4n) is 2.75. The van der Waals surface area contributed by atoms with Gasteiger partial charge in [0, 0.05) is 6.54 Å². The van der Waals surface area contributed by atoms with E-state index in [1.165, 1.54) is 11.1 Å². The summed E-state index contributed by atoms with van der Waals surface area (Å²) < 4.78 is 0. The van der Waals surface area contributed by atoms with Gasteiger partial charge in [-0.15, -0.1) is 0 Å². The van der Waals surface area contributed by atoms with Gasteiger partial charge in [0.1, 0.15) is 6.17 Å². The van der Waals surface area contributed by atoms with Crippen LogP contribution in [0.5, 0.6) is 0 Å². The van der Waals surface area contributed by atoms with Gasteiger partial charge in [-0.05, 0) is 29.9 Å². The van der Waals surface area contributed by atoms with E-state index in [0.29, 0.717) is 0 Å². The first-order valence-corrected chi connectivity index (χ1v) is 7.55. The fourth-order valence-corrected chi connectivity index (χ4v) is 2.75. The van der Waals surface area contributed by atoms with Crippen LogP contribution in [-0.2, 0) is 10.2 Å². The van der Waals surface area contributed by atoms with Crippen LogP contribution in [0, 0.1) is 0 Å². The molecule has 20 heavy (non-hydrogen) atoms. The number of amides is 1. The smallest absolute Gasteiger partial charge is 0.241 e. The van der Waals surface area contributed by atoms with E-state index in [1.807, 2.05) is 11.8 Å². The van der Waals surface area contributed by atoms with Gasteiger partial charge in [-0.3, -0.25) is 10.1 Å². The van der Waals surface area contributed by atoms with Crippen LogP contribution in [0.25, 0.3) is 0 Å². The van der Waals surface area contributed by atoms with E-state index in [9.17, 15) is 4.79 Å². The Labute approximate surface area is 122 Å². The van der Waals surface area contributed by atoms with Crippen LogP contribution < -0.4 is 5.32 Å². The molecule has 0 aliphatic carbocycles. The summed E-state index contributed by atoms with van der Waals surface area (Å²) in [5, 5.41) is 3.44. The molecule has 1 saturated heterocycles. The Morgan fingerprint density at radius 1 is 1.15 bits per heavy atom. The van der Waals surface area contributed by atoms with Crippen molar-refractivity contribution in [1.82, 2.24) is 10.2 Å². The van der Waals surface area contributed by atoms with Crippen molar-refractivity contribution in [2.24, 2.45) is 0 Å². The van der Waals surface area contributed by atoms with Gasteiger partial charge in [0.05, 0.1) is 6.04 Å². The average Bonchev–Trinajstić information content (AvgIpc) is 2.74. The minimum atomic E-state index is -0.0396. The molecule has 0 radical (unpaired) electrons. The largest absolute Gasteiger partial charge is 0.322 e. The molecule has 110 valence electrons. The van der Waals surface area contributed by atoms with Crippen LogP contribution in [0.3, 0.4) is 0 Å². The van der Waals surface area contributed by atoms with Gasteiger partial charge in [-0.1, -0.05) is 52.0 Å². The fraction of sp³-hybridized carbons (Fsp3) is 0.588. The lowest BCUT2D eigenvalue weighted by molar-refractivity contribution is -0.129. The van der Waals surface area contributed by atoms with E-state index in [2.05, 4.69) is 57.3 Å². The number of hydrogen-bond donors (Lipinski definition) is 1. The topological polar surface area (TPSA) is 32.3 Å². The van der Waals surface area contributed by atoms with E-state index in [4.69, 9.17) is 0 Å². The lowest BCUT2D eigenvalue weighted by atomic mass is 9.86. The molecule has 0 spiro atoms. The van der Waals surface area contributed by atoms with Crippen LogP contribution in [-0.4, -0.2) is 23.4 Å². The zero-order valence-corrected chi connectivity index (χ0v) is 13.2. The normalized spacial score (nSPS) is 23.4. The van der Waals surface area contributed by atoms with Gasteiger partial charge in [0.2, 0.25) is 5.91 Å². The third-order valence-corrected chi connectivity index (χ3v) is 4.09. The van der Waals surface area contributed by atoms with Gasteiger partial charge < -0.3 is 4.90 Å². The summed E-state index contributed by atoms with van der Waals surface area (Å²) in [6, 6.07) is 8.60. The first kappa shape index (κ1) is 15.0. The second kappa shape index (κ2) is 5.57. The third-order valence-electron chi connectivity index (χ3n) is 4.09. The highest BCUT2D eigenvalue weighted by atomic mass is 16.2. The molecule has 3 heteroatoms. The molecule has 1 aliphatic heterocycles. The number of likely N-dealkylation sites (N-methyl/N-ethyl adjacent to an activating group) is 1. The molecule has 2 atom stereocenters. The lowest BCUT2D eigenvalue weighted by Crippen LogP contribution is -2.30. The van der Waals surface area contributed by atoms with Gasteiger partial charge in [-0.2, -0.15) is 0 Å². The van der Waals surface area contributed by atoms with Crippen LogP contribution in [0.4, 0.5) is 0 Å². The second-order valence-corrected chi connectivity index (χ2v) is 6.53. The molecule has 1 aliphatic rings. The van der Waals surface area contributed by atoms with Crippen LogP contribution in [0.15, 0.2) is 24.3 Å². The summed E-state index contributed by atoms with van der Waals surface area (Å²) in [4.78, 5) is 14.2. The van der Waals surface area contributed by atoms with Crippen molar-refractivity contribution >= 4 is 5.91 Å². The monoisotopic (exact) mass is 274 g/mol. The maximum absolute atomic E-state index is 12.2. The van der Waals surface area contributed by atoms with E-state index in [0.717, 1.165) is 13.0 Å². The summed E-state index contributed by atoms with van der Waals surface area (Å²) in [6.07, 6.45) is 0.859. The van der Waals surface area contributed by atoms with Gasteiger partial charge in [0.15, 0.2) is 0 Å². The van der Waals surface area contributed by atoms with Crippen molar-refractivity contribution in [3.63, 3.8) is 0 Å². The molecule has 1 amide bonds. The highest BCUT2D eigenvalue weighted by molar-refractivity contribution is 5.84. The first-order chi connectivity index (χ1) is 9.38. The highest BCUT2D eigenvalue weighted by Crippen LogP contribution is 2.28. The van der Waals surface area contributed by atoms with Crippen molar-refractivity contribution in [2.75, 3.05) is 6.54 Å². The van der Waals surface area contributed by atoms with E-state index in [1.54, 1.807) is 0 Å². The molecule has 1 N–H and O–H groups in total. The molecular weight excluding hydrogens is 248 g/mol. The van der Waals surface area contributed by atoms with E-state index >= 15 is 0 Å². The first-order valence-electron chi connectivity index (χ1n) is 7.55. The molecule has 2 rings (SSSR count). The quantitative estimate of drug-likeness (QED) is 0.918. The van der Waals surface area contributed by atoms with Crippen molar-refractivity contribution in [3.05, 3.63) is 35.4 Å². The predicted octanol–water partition coefficient (Wildman–Crippen LogP) is 3.21. The maximum Gasteiger partial charge on any atom is 0.241 e. The van der Waals surface area contributed by atoms with Crippen LogP contribution in [0.2, 0.25) is 0 Å². The average molecular weight is 274 g/mol. The lowest BCUT2D eigenvalue weighted by Gasteiger charge is -2.24. The molecule has 2 unspecified atom stereocenters. The Kier molecular flexibility index (Phi) is 4.19. The standard InChI is InChI=1S/C17H26N2O/c1-6-14-16(20)19(7-2)15(18-14)12-8-10-13(11-9-12)17(3,4)5/h8-11,14-15,18H,6-7H2,1-5H3. The maximum atomic E-state index is 12.2. The zero-order valence-electron chi connectivity index (χ0n) is 13.2. The van der Waals surface area contributed by atoms with E-state index in [-0.39, 0.29) is 23.5 Å². The number of nitrogens with one attached hydrogen (secondary N) is 1. The number of carbonyl (C=O) groups excluding carboxylic acids is 1. The molecule has 0 bridgehead atoms. The van der Waals surface area contributed by atoms with Gasteiger partial charge in [0.25, 0.3) is 0 Å². The third kappa shape index (κ3) is 2.73. The number of nitrogens with zero attached hydrogens (tertiary/aromatic N) is 1. The van der Waals surface area contributed by atoms with Crippen molar-refractivity contribution in [1.29, 1.82) is 0 Å². The highest BCUT2D eigenvalue weighted by Gasteiger charge is 2.37. The Hall–Kier alpha value is -1.35. The molecular formula is C17H26N2O. The van der Waals surface area contributed by atoms with Crippen LogP contribution in [0.1, 0.15) is 58.3 Å². The molecule has 0 aromatic heterocycles. The van der Waals surface area contributed by atoms with Crippen LogP contribution >= 0.6 is 0 Å². The van der Waals surface area contributed by atoms with Crippen molar-refractivity contribution in [2.45, 2.75) is 58.7 Å². The summed E-state index contributed by atoms with van der Waals surface area (Å²) in [5.74, 6) is 0.222. The second-order valence-electron chi connectivity index (χ2n) is 6.53. The van der Waals surface area contributed by atoms with Crippen molar-refractivity contribution in [3.8, 4) is 0 Å². The minimum Gasteiger partial charge on any atom is -0.322 e. The Morgan fingerprint density at radius 3 is 2.20 bits per heavy atom. The SMILES string of the molecule is CCC1NC(c2ccc(C(C)(C)C)cc2)N(CC)C1=O. The van der Waals surface area contributed by atoms with Gasteiger partial charge >= 0.3 is 0 Å². The number of rotatable bonds is 3.